The van der Waals surface area contributed by atoms with E-state index in [9.17, 15) is 0 Å². The van der Waals surface area contributed by atoms with Gasteiger partial charge in [0, 0.05) is 6.42 Å². The Hall–Kier alpha value is -1.31. The van der Waals surface area contributed by atoms with Gasteiger partial charge in [-0.1, -0.05) is 18.2 Å². The van der Waals surface area contributed by atoms with Gasteiger partial charge in [0.2, 0.25) is 0 Å². The van der Waals surface area contributed by atoms with E-state index in [0.717, 1.165) is 18.7 Å². The Morgan fingerprint density at radius 1 is 1.27 bits per heavy atom. The molecular formula is C9H9NO. The second-order valence-corrected chi connectivity index (χ2v) is 2.48. The largest absolute Gasteiger partial charge is 0.483 e. The summed E-state index contributed by atoms with van der Waals surface area (Å²) >= 11 is 0. The van der Waals surface area contributed by atoms with Gasteiger partial charge in [-0.3, -0.25) is 0 Å². The number of rotatable bonds is 0. The van der Waals surface area contributed by atoms with E-state index in [0.29, 0.717) is 0 Å². The third-order valence-corrected chi connectivity index (χ3v) is 1.75. The zero-order valence-electron chi connectivity index (χ0n) is 6.16. The van der Waals surface area contributed by atoms with Crippen LogP contribution in [0.3, 0.4) is 0 Å². The van der Waals surface area contributed by atoms with Gasteiger partial charge in [-0.2, -0.15) is 0 Å². The normalized spacial score (nSPS) is 14.9. The van der Waals surface area contributed by atoms with Gasteiger partial charge in [-0.15, -0.1) is 0 Å². The molecule has 0 N–H and O–H groups in total. The SMILES string of the molecule is C1=Nc2ccccc2CCO1. The van der Waals surface area contributed by atoms with Crippen LogP contribution in [0.15, 0.2) is 29.3 Å². The summed E-state index contributed by atoms with van der Waals surface area (Å²) < 4.78 is 5.09. The van der Waals surface area contributed by atoms with Crippen molar-refractivity contribution < 1.29 is 4.74 Å². The number of fused-ring (bicyclic) bond motifs is 1. The summed E-state index contributed by atoms with van der Waals surface area (Å²) in [4.78, 5) is 4.14. The first-order valence-electron chi connectivity index (χ1n) is 3.69. The molecule has 0 saturated heterocycles. The zero-order valence-corrected chi connectivity index (χ0v) is 6.16. The van der Waals surface area contributed by atoms with Gasteiger partial charge in [-0.25, -0.2) is 4.99 Å². The molecule has 1 aromatic rings. The van der Waals surface area contributed by atoms with E-state index in [-0.39, 0.29) is 0 Å². The summed E-state index contributed by atoms with van der Waals surface area (Å²) in [5, 5.41) is 0. The molecule has 56 valence electrons. The minimum absolute atomic E-state index is 0.737. The van der Waals surface area contributed by atoms with Gasteiger partial charge < -0.3 is 4.74 Å². The molecule has 1 aliphatic rings. The molecule has 0 radical (unpaired) electrons. The molecule has 0 fully saturated rings. The molecule has 1 aliphatic heterocycles. The lowest BCUT2D eigenvalue weighted by Gasteiger charge is -1.98. The fourth-order valence-electron chi connectivity index (χ4n) is 1.16. The average Bonchev–Trinajstić information content (AvgIpc) is 2.28. The fourth-order valence-corrected chi connectivity index (χ4v) is 1.16. The maximum absolute atomic E-state index is 5.09. The van der Waals surface area contributed by atoms with Crippen molar-refractivity contribution in [2.75, 3.05) is 6.61 Å². The first kappa shape index (κ1) is 6.40. The van der Waals surface area contributed by atoms with Crippen molar-refractivity contribution in [1.82, 2.24) is 0 Å². The number of hydrogen-bond acceptors (Lipinski definition) is 2. The standard InChI is InChI=1S/C9H9NO/c1-2-4-9-8(3-1)5-6-11-7-10-9/h1-4,7H,5-6H2. The first-order chi connectivity index (χ1) is 5.47. The van der Waals surface area contributed by atoms with Crippen molar-refractivity contribution in [1.29, 1.82) is 0 Å². The predicted molar refractivity (Wildman–Crippen MR) is 44.3 cm³/mol. The van der Waals surface area contributed by atoms with Crippen LogP contribution in [0.25, 0.3) is 0 Å². The maximum Gasteiger partial charge on any atom is 0.174 e. The Labute approximate surface area is 65.5 Å². The zero-order chi connectivity index (χ0) is 7.52. The van der Waals surface area contributed by atoms with Crippen LogP contribution in [-0.2, 0) is 11.2 Å². The van der Waals surface area contributed by atoms with Gasteiger partial charge >= 0.3 is 0 Å². The van der Waals surface area contributed by atoms with Gasteiger partial charge in [0.05, 0.1) is 12.3 Å². The van der Waals surface area contributed by atoms with Crippen LogP contribution >= 0.6 is 0 Å². The number of aliphatic imine (C=N–C) groups is 1. The molecule has 0 atom stereocenters. The van der Waals surface area contributed by atoms with Crippen molar-refractivity contribution >= 4 is 12.1 Å². The van der Waals surface area contributed by atoms with E-state index in [1.165, 1.54) is 12.0 Å². The van der Waals surface area contributed by atoms with Gasteiger partial charge in [0.15, 0.2) is 6.40 Å². The van der Waals surface area contributed by atoms with E-state index < -0.39 is 0 Å². The second-order valence-electron chi connectivity index (χ2n) is 2.48. The molecule has 0 aliphatic carbocycles. The first-order valence-corrected chi connectivity index (χ1v) is 3.69. The molecule has 0 unspecified atom stereocenters. The minimum Gasteiger partial charge on any atom is -0.483 e. The van der Waals surface area contributed by atoms with Crippen LogP contribution in [0.1, 0.15) is 5.56 Å². The van der Waals surface area contributed by atoms with E-state index in [1.807, 2.05) is 18.2 Å². The predicted octanol–water partition coefficient (Wildman–Crippen LogP) is 1.92. The molecule has 2 nitrogen and oxygen atoms in total. The monoisotopic (exact) mass is 147 g/mol. The summed E-state index contributed by atoms with van der Waals surface area (Å²) in [6.45, 7) is 0.737. The van der Waals surface area contributed by atoms with Crippen LogP contribution in [0.5, 0.6) is 0 Å². The number of ether oxygens (including phenoxy) is 1. The van der Waals surface area contributed by atoms with Crippen LogP contribution < -0.4 is 0 Å². The highest BCUT2D eigenvalue weighted by molar-refractivity contribution is 5.59. The molecule has 0 aromatic heterocycles. The quantitative estimate of drug-likeness (QED) is 0.549. The molecule has 0 amide bonds. The Morgan fingerprint density at radius 2 is 2.18 bits per heavy atom. The Bertz CT molecular complexity index is 281. The highest BCUT2D eigenvalue weighted by Crippen LogP contribution is 2.19. The summed E-state index contributed by atoms with van der Waals surface area (Å²) in [5.41, 5.74) is 2.30. The topological polar surface area (TPSA) is 21.6 Å². The molecular weight excluding hydrogens is 138 g/mol. The summed E-state index contributed by atoms with van der Waals surface area (Å²) in [7, 11) is 0. The molecule has 1 aromatic carbocycles. The van der Waals surface area contributed by atoms with Crippen LogP contribution in [0, 0.1) is 0 Å². The number of hydrogen-bond donors (Lipinski definition) is 0. The molecule has 0 saturated carbocycles. The van der Waals surface area contributed by atoms with Crippen LogP contribution in [0.4, 0.5) is 5.69 Å². The third kappa shape index (κ3) is 1.24. The molecule has 11 heavy (non-hydrogen) atoms. The average molecular weight is 147 g/mol. The molecule has 2 rings (SSSR count). The summed E-state index contributed by atoms with van der Waals surface area (Å²) in [6, 6.07) is 8.10. The van der Waals surface area contributed by atoms with E-state index in [2.05, 4.69) is 11.1 Å². The van der Waals surface area contributed by atoms with Crippen molar-refractivity contribution in [3.8, 4) is 0 Å². The van der Waals surface area contributed by atoms with Crippen LogP contribution in [0.2, 0.25) is 0 Å². The molecule has 1 heterocycles. The lowest BCUT2D eigenvalue weighted by Crippen LogP contribution is -1.92. The van der Waals surface area contributed by atoms with E-state index in [1.54, 1.807) is 0 Å². The molecule has 0 bridgehead atoms. The second kappa shape index (κ2) is 2.74. The van der Waals surface area contributed by atoms with E-state index >= 15 is 0 Å². The van der Waals surface area contributed by atoms with Gasteiger partial charge in [0.1, 0.15) is 0 Å². The third-order valence-electron chi connectivity index (χ3n) is 1.75. The summed E-state index contributed by atoms with van der Waals surface area (Å²) in [5.74, 6) is 0. The maximum atomic E-state index is 5.09. The van der Waals surface area contributed by atoms with E-state index in [4.69, 9.17) is 4.74 Å². The van der Waals surface area contributed by atoms with Crippen molar-refractivity contribution in [2.24, 2.45) is 4.99 Å². The smallest absolute Gasteiger partial charge is 0.174 e. The Kier molecular flexibility index (Phi) is 1.60. The Morgan fingerprint density at radius 3 is 3.18 bits per heavy atom. The van der Waals surface area contributed by atoms with Crippen LogP contribution in [-0.4, -0.2) is 13.0 Å². The lowest BCUT2D eigenvalue weighted by atomic mass is 10.1. The van der Waals surface area contributed by atoms with Gasteiger partial charge in [-0.05, 0) is 11.6 Å². The molecule has 2 heteroatoms. The number of para-hydroxylation sites is 1. The number of nitrogens with zero attached hydrogens (tertiary/aromatic N) is 1. The fraction of sp³-hybridized carbons (Fsp3) is 0.222. The highest BCUT2D eigenvalue weighted by atomic mass is 16.5. The van der Waals surface area contributed by atoms with Gasteiger partial charge in [0.25, 0.3) is 0 Å². The Balaban J connectivity index is 2.45. The van der Waals surface area contributed by atoms with Crippen molar-refractivity contribution in [2.45, 2.75) is 6.42 Å². The summed E-state index contributed by atoms with van der Waals surface area (Å²) in [6.07, 6.45) is 2.47. The van der Waals surface area contributed by atoms with Crippen molar-refractivity contribution in [3.05, 3.63) is 29.8 Å². The highest BCUT2D eigenvalue weighted by Gasteiger charge is 2.01. The minimum atomic E-state index is 0.737. The molecule has 0 spiro atoms. The number of benzene rings is 1. The lowest BCUT2D eigenvalue weighted by molar-refractivity contribution is 0.328. The van der Waals surface area contributed by atoms with Crippen molar-refractivity contribution in [3.63, 3.8) is 0 Å².